The fourth-order valence-electron chi connectivity index (χ4n) is 5.69. The number of aromatic amines is 2. The topological polar surface area (TPSA) is 93.8 Å². The Hall–Kier alpha value is -3.47. The summed E-state index contributed by atoms with van der Waals surface area (Å²) < 4.78 is 41.0. The van der Waals surface area contributed by atoms with E-state index in [2.05, 4.69) is 25.3 Å². The molecule has 1 aromatic carbocycles. The van der Waals surface area contributed by atoms with Crippen molar-refractivity contribution in [1.29, 1.82) is 0 Å². The smallest absolute Gasteiger partial charge is 0.336 e. The highest BCUT2D eigenvalue weighted by Gasteiger charge is 2.38. The quantitative estimate of drug-likeness (QED) is 0.443. The first-order chi connectivity index (χ1) is 17.2. The number of hydrogen-bond acceptors (Lipinski definition) is 5. The molecular weight excluding hydrogens is 471 g/mol. The van der Waals surface area contributed by atoms with Crippen LogP contribution in [0.25, 0.3) is 33.1 Å². The fraction of sp³-hybridized carbons (Fsp3) is 0.440. The minimum absolute atomic E-state index is 0.0436. The lowest BCUT2D eigenvalue weighted by Gasteiger charge is -2.22. The Labute approximate surface area is 204 Å². The van der Waals surface area contributed by atoms with E-state index in [1.54, 1.807) is 12.1 Å². The van der Waals surface area contributed by atoms with Gasteiger partial charge in [0.25, 0.3) is 5.91 Å². The Kier molecular flexibility index (Phi) is 5.29. The van der Waals surface area contributed by atoms with Gasteiger partial charge in [-0.2, -0.15) is 23.4 Å². The van der Waals surface area contributed by atoms with Crippen LogP contribution in [-0.2, 0) is 19.0 Å². The van der Waals surface area contributed by atoms with Crippen molar-refractivity contribution < 1.29 is 18.0 Å². The second-order valence-electron chi connectivity index (χ2n) is 9.88. The van der Waals surface area contributed by atoms with Gasteiger partial charge in [0.05, 0.1) is 22.3 Å². The third-order valence-corrected chi connectivity index (χ3v) is 7.54. The molecule has 0 radical (unpaired) electrons. The summed E-state index contributed by atoms with van der Waals surface area (Å²) in [5.41, 5.74) is 2.65. The predicted octanol–water partition coefficient (Wildman–Crippen LogP) is 4.17. The molecule has 1 atom stereocenters. The normalized spacial score (nSPS) is 18.5. The second kappa shape index (κ2) is 8.29. The van der Waals surface area contributed by atoms with Crippen molar-refractivity contribution in [3.63, 3.8) is 0 Å². The zero-order chi connectivity index (χ0) is 25.2. The molecule has 188 valence electrons. The van der Waals surface area contributed by atoms with Crippen LogP contribution in [0.5, 0.6) is 0 Å². The average molecular weight is 498 g/mol. The first-order valence-electron chi connectivity index (χ1n) is 12.1. The summed E-state index contributed by atoms with van der Waals surface area (Å²) in [6.07, 6.45) is 0.660. The number of rotatable bonds is 3. The standard InChI is InChI=1S/C25H26F3N7O/c1-34(2)13-9-10-35(12-13)24(36)22-20-18(31-32-22)8-7-17-19(20)14-5-3-4-6-15(14)21(30-17)16-11-29-33-23(16)25(26,27)28/h7-8,11,13H,3-6,9-10,12H2,1-2H3,(H,29,33)(H,31,32)/t13-/m0/s1. The number of aryl methyl sites for hydroxylation is 1. The average Bonchev–Trinajstić information content (AvgIpc) is 3.61. The Morgan fingerprint density at radius 3 is 2.61 bits per heavy atom. The summed E-state index contributed by atoms with van der Waals surface area (Å²) >= 11 is 0. The van der Waals surface area contributed by atoms with Crippen LogP contribution in [-0.4, -0.2) is 74.3 Å². The predicted molar refractivity (Wildman–Crippen MR) is 129 cm³/mol. The van der Waals surface area contributed by atoms with Crippen molar-refractivity contribution in [2.45, 2.75) is 44.3 Å². The molecule has 1 fully saturated rings. The Bertz CT molecular complexity index is 1490. The van der Waals surface area contributed by atoms with E-state index in [0.29, 0.717) is 54.3 Å². The number of nitrogens with one attached hydrogen (secondary N) is 2. The van der Waals surface area contributed by atoms with Crippen molar-refractivity contribution in [3.8, 4) is 11.3 Å². The molecule has 36 heavy (non-hydrogen) atoms. The van der Waals surface area contributed by atoms with E-state index in [4.69, 9.17) is 4.98 Å². The zero-order valence-corrected chi connectivity index (χ0v) is 20.0. The highest BCUT2D eigenvalue weighted by molar-refractivity contribution is 6.17. The molecule has 2 aliphatic rings. The molecule has 3 aromatic heterocycles. The third-order valence-electron chi connectivity index (χ3n) is 7.54. The van der Waals surface area contributed by atoms with Crippen LogP contribution in [0.3, 0.4) is 0 Å². The lowest BCUT2D eigenvalue weighted by molar-refractivity contribution is -0.140. The Balaban J connectivity index is 1.55. The van der Waals surface area contributed by atoms with E-state index in [-0.39, 0.29) is 11.5 Å². The number of benzene rings is 1. The fourth-order valence-corrected chi connectivity index (χ4v) is 5.69. The summed E-state index contributed by atoms with van der Waals surface area (Å²) in [6.45, 7) is 1.29. The van der Waals surface area contributed by atoms with Gasteiger partial charge in [0.1, 0.15) is 0 Å². The number of likely N-dealkylation sites (N-methyl/N-ethyl adjacent to an activating group) is 1. The van der Waals surface area contributed by atoms with E-state index in [9.17, 15) is 18.0 Å². The number of halogens is 3. The molecule has 4 aromatic rings. The van der Waals surface area contributed by atoms with Crippen LogP contribution < -0.4 is 0 Å². The van der Waals surface area contributed by atoms with Gasteiger partial charge in [-0.1, -0.05) is 0 Å². The van der Waals surface area contributed by atoms with Crippen LogP contribution >= 0.6 is 0 Å². The summed E-state index contributed by atoms with van der Waals surface area (Å²) in [6, 6.07) is 3.87. The number of alkyl halides is 3. The second-order valence-corrected chi connectivity index (χ2v) is 9.88. The SMILES string of the molecule is CN(C)[C@H]1CCN(C(=O)c2n[nH]c3ccc4nc(-c5c[nH]nc5C(F)(F)F)c5c(c4c23)CCCC5)C1. The molecule has 4 heterocycles. The van der Waals surface area contributed by atoms with Gasteiger partial charge in [0.15, 0.2) is 11.4 Å². The van der Waals surface area contributed by atoms with Crippen LogP contribution in [0, 0.1) is 0 Å². The molecule has 11 heteroatoms. The summed E-state index contributed by atoms with van der Waals surface area (Å²) in [5.74, 6) is -0.138. The Morgan fingerprint density at radius 2 is 1.89 bits per heavy atom. The molecule has 1 aliphatic carbocycles. The van der Waals surface area contributed by atoms with E-state index in [1.807, 2.05) is 19.0 Å². The van der Waals surface area contributed by atoms with E-state index >= 15 is 0 Å². The molecule has 2 N–H and O–H groups in total. The molecule has 1 saturated heterocycles. The number of carbonyl (C=O) groups excluding carboxylic acids is 1. The van der Waals surface area contributed by atoms with Gasteiger partial charge in [-0.05, 0) is 69.5 Å². The van der Waals surface area contributed by atoms with Gasteiger partial charge in [-0.3, -0.25) is 15.0 Å². The molecular formula is C25H26F3N7O. The van der Waals surface area contributed by atoms with E-state index < -0.39 is 11.9 Å². The number of hydrogen-bond donors (Lipinski definition) is 2. The van der Waals surface area contributed by atoms with E-state index in [1.165, 1.54) is 6.20 Å². The summed E-state index contributed by atoms with van der Waals surface area (Å²) in [4.78, 5) is 22.3. The number of nitrogens with zero attached hydrogens (tertiary/aromatic N) is 5. The highest BCUT2D eigenvalue weighted by atomic mass is 19.4. The van der Waals surface area contributed by atoms with Crippen LogP contribution in [0.15, 0.2) is 18.3 Å². The highest BCUT2D eigenvalue weighted by Crippen LogP contribution is 2.42. The third kappa shape index (κ3) is 3.56. The van der Waals surface area contributed by atoms with Crippen molar-refractivity contribution in [3.05, 3.63) is 40.8 Å². The van der Waals surface area contributed by atoms with Gasteiger partial charge in [0, 0.05) is 36.1 Å². The first kappa shape index (κ1) is 23.0. The number of aromatic nitrogens is 5. The number of likely N-dealkylation sites (tertiary alicyclic amines) is 1. The largest absolute Gasteiger partial charge is 0.435 e. The number of carbonyl (C=O) groups is 1. The van der Waals surface area contributed by atoms with Crippen LogP contribution in [0.1, 0.15) is 46.6 Å². The molecule has 0 unspecified atom stereocenters. The molecule has 0 saturated carbocycles. The monoisotopic (exact) mass is 497 g/mol. The minimum Gasteiger partial charge on any atom is -0.336 e. The number of amides is 1. The van der Waals surface area contributed by atoms with Gasteiger partial charge in [0.2, 0.25) is 0 Å². The van der Waals surface area contributed by atoms with Crippen molar-refractivity contribution in [1.82, 2.24) is 35.2 Å². The van der Waals surface area contributed by atoms with Gasteiger partial charge in [-0.15, -0.1) is 0 Å². The van der Waals surface area contributed by atoms with Crippen molar-refractivity contribution in [2.24, 2.45) is 0 Å². The Morgan fingerprint density at radius 1 is 1.11 bits per heavy atom. The molecule has 6 rings (SSSR count). The van der Waals surface area contributed by atoms with Gasteiger partial charge >= 0.3 is 6.18 Å². The molecule has 0 bridgehead atoms. The number of fused-ring (bicyclic) bond motifs is 5. The lowest BCUT2D eigenvalue weighted by Crippen LogP contribution is -2.34. The molecule has 8 nitrogen and oxygen atoms in total. The van der Waals surface area contributed by atoms with Crippen molar-refractivity contribution in [2.75, 3.05) is 27.2 Å². The zero-order valence-electron chi connectivity index (χ0n) is 20.0. The number of H-pyrrole nitrogens is 2. The van der Waals surface area contributed by atoms with Gasteiger partial charge < -0.3 is 9.80 Å². The first-order valence-corrected chi connectivity index (χ1v) is 12.1. The van der Waals surface area contributed by atoms with Crippen LogP contribution in [0.4, 0.5) is 13.2 Å². The van der Waals surface area contributed by atoms with Gasteiger partial charge in [-0.25, -0.2) is 4.98 Å². The molecule has 1 aliphatic heterocycles. The maximum Gasteiger partial charge on any atom is 0.435 e. The van der Waals surface area contributed by atoms with Crippen molar-refractivity contribution >= 4 is 27.7 Å². The maximum atomic E-state index is 13.7. The van der Waals surface area contributed by atoms with E-state index in [0.717, 1.165) is 41.3 Å². The number of pyridine rings is 1. The minimum atomic E-state index is -4.60. The maximum absolute atomic E-state index is 13.7. The summed E-state index contributed by atoms with van der Waals surface area (Å²) in [5, 5.41) is 14.8. The summed E-state index contributed by atoms with van der Waals surface area (Å²) in [7, 11) is 4.02. The molecule has 1 amide bonds. The van der Waals surface area contributed by atoms with Crippen LogP contribution in [0.2, 0.25) is 0 Å². The lowest BCUT2D eigenvalue weighted by atomic mass is 9.85. The molecule has 0 spiro atoms.